The van der Waals surface area contributed by atoms with Gasteiger partial charge in [0.2, 0.25) is 0 Å². The maximum absolute atomic E-state index is 11.1. The van der Waals surface area contributed by atoms with Crippen molar-refractivity contribution >= 4 is 5.97 Å². The number of ether oxygens (including phenoxy) is 1. The first-order chi connectivity index (χ1) is 8.90. The van der Waals surface area contributed by atoms with Gasteiger partial charge in [0.15, 0.2) is 0 Å². The lowest BCUT2D eigenvalue weighted by atomic mass is 10.0. The number of carboxylic acids is 1. The zero-order chi connectivity index (χ0) is 14.4. The van der Waals surface area contributed by atoms with Crippen LogP contribution in [-0.4, -0.2) is 23.2 Å². The SMILES string of the molecule is CC(C)Oc1cccc(CNC(C(=O)O)C(C)C)c1. The fourth-order valence-corrected chi connectivity index (χ4v) is 1.84. The molecule has 4 heteroatoms. The minimum Gasteiger partial charge on any atom is -0.491 e. The molecule has 0 fully saturated rings. The van der Waals surface area contributed by atoms with Crippen molar-refractivity contribution in [2.45, 2.75) is 46.4 Å². The van der Waals surface area contributed by atoms with Crippen LogP contribution in [0.5, 0.6) is 5.75 Å². The van der Waals surface area contributed by atoms with Crippen LogP contribution in [0.15, 0.2) is 24.3 Å². The Labute approximate surface area is 114 Å². The van der Waals surface area contributed by atoms with Crippen LogP contribution in [0.1, 0.15) is 33.3 Å². The third-order valence-electron chi connectivity index (χ3n) is 2.73. The van der Waals surface area contributed by atoms with Gasteiger partial charge in [-0.3, -0.25) is 4.79 Å². The van der Waals surface area contributed by atoms with E-state index in [1.165, 1.54) is 0 Å². The summed E-state index contributed by atoms with van der Waals surface area (Å²) in [5.74, 6) is 0.0444. The monoisotopic (exact) mass is 265 g/mol. The van der Waals surface area contributed by atoms with Crippen LogP contribution < -0.4 is 10.1 Å². The van der Waals surface area contributed by atoms with Gasteiger partial charge in [0.05, 0.1) is 6.10 Å². The van der Waals surface area contributed by atoms with Gasteiger partial charge in [0.25, 0.3) is 0 Å². The second-order valence-corrected chi connectivity index (χ2v) is 5.25. The second kappa shape index (κ2) is 7.14. The normalized spacial score (nSPS) is 12.7. The summed E-state index contributed by atoms with van der Waals surface area (Å²) in [6, 6.07) is 7.18. The lowest BCUT2D eigenvalue weighted by Gasteiger charge is -2.18. The first-order valence-electron chi connectivity index (χ1n) is 6.62. The molecule has 1 unspecified atom stereocenters. The van der Waals surface area contributed by atoms with Crippen LogP contribution in [0.4, 0.5) is 0 Å². The Morgan fingerprint density at radius 1 is 1.32 bits per heavy atom. The highest BCUT2D eigenvalue weighted by atomic mass is 16.5. The molecule has 1 aromatic rings. The zero-order valence-corrected chi connectivity index (χ0v) is 12.0. The quantitative estimate of drug-likeness (QED) is 0.795. The van der Waals surface area contributed by atoms with Crippen LogP contribution >= 0.6 is 0 Å². The number of carbonyl (C=O) groups is 1. The fourth-order valence-electron chi connectivity index (χ4n) is 1.84. The van der Waals surface area contributed by atoms with Crippen molar-refractivity contribution in [2.24, 2.45) is 5.92 Å². The maximum Gasteiger partial charge on any atom is 0.320 e. The number of nitrogens with one attached hydrogen (secondary N) is 1. The van der Waals surface area contributed by atoms with Crippen molar-refractivity contribution in [3.05, 3.63) is 29.8 Å². The number of benzene rings is 1. The minimum atomic E-state index is -0.815. The van der Waals surface area contributed by atoms with E-state index in [1.807, 2.05) is 52.0 Å². The van der Waals surface area contributed by atoms with Crippen molar-refractivity contribution in [2.75, 3.05) is 0 Å². The first-order valence-corrected chi connectivity index (χ1v) is 6.62. The van der Waals surface area contributed by atoms with E-state index in [1.54, 1.807) is 0 Å². The molecule has 0 saturated carbocycles. The molecule has 0 bridgehead atoms. The molecule has 0 aliphatic rings. The maximum atomic E-state index is 11.1. The third kappa shape index (κ3) is 5.30. The van der Waals surface area contributed by atoms with Crippen LogP contribution in [0, 0.1) is 5.92 Å². The molecule has 106 valence electrons. The van der Waals surface area contributed by atoms with E-state index < -0.39 is 12.0 Å². The molecular weight excluding hydrogens is 242 g/mol. The van der Waals surface area contributed by atoms with E-state index in [0.717, 1.165) is 11.3 Å². The molecule has 4 nitrogen and oxygen atoms in total. The van der Waals surface area contributed by atoms with E-state index in [9.17, 15) is 4.79 Å². The molecule has 0 radical (unpaired) electrons. The second-order valence-electron chi connectivity index (χ2n) is 5.25. The third-order valence-corrected chi connectivity index (χ3v) is 2.73. The summed E-state index contributed by atoms with van der Waals surface area (Å²) in [6.07, 6.45) is 0.130. The Kier molecular flexibility index (Phi) is 5.83. The van der Waals surface area contributed by atoms with Gasteiger partial charge in [0.1, 0.15) is 11.8 Å². The van der Waals surface area contributed by atoms with Crippen molar-refractivity contribution in [3.63, 3.8) is 0 Å². The lowest BCUT2D eigenvalue weighted by molar-refractivity contribution is -0.140. The number of aliphatic carboxylic acids is 1. The molecule has 1 aromatic carbocycles. The number of hydrogen-bond acceptors (Lipinski definition) is 3. The van der Waals surface area contributed by atoms with Crippen LogP contribution in [0.2, 0.25) is 0 Å². The minimum absolute atomic E-state index is 0.0487. The first kappa shape index (κ1) is 15.5. The molecule has 0 heterocycles. The molecule has 0 aromatic heterocycles. The van der Waals surface area contributed by atoms with E-state index >= 15 is 0 Å². The van der Waals surface area contributed by atoms with Gasteiger partial charge in [0, 0.05) is 6.54 Å². The molecular formula is C15H23NO3. The summed E-state index contributed by atoms with van der Waals surface area (Å²) in [4.78, 5) is 11.1. The summed E-state index contributed by atoms with van der Waals surface area (Å²) in [5, 5.41) is 12.2. The molecule has 0 aliphatic carbocycles. The van der Waals surface area contributed by atoms with Gasteiger partial charge in [-0.1, -0.05) is 26.0 Å². The van der Waals surface area contributed by atoms with Gasteiger partial charge < -0.3 is 15.2 Å². The fraction of sp³-hybridized carbons (Fsp3) is 0.533. The van der Waals surface area contributed by atoms with Gasteiger partial charge in [-0.05, 0) is 37.5 Å². The predicted molar refractivity (Wildman–Crippen MR) is 75.3 cm³/mol. The van der Waals surface area contributed by atoms with Gasteiger partial charge in [-0.2, -0.15) is 0 Å². The summed E-state index contributed by atoms with van der Waals surface area (Å²) in [7, 11) is 0. The summed E-state index contributed by atoms with van der Waals surface area (Å²) in [5.41, 5.74) is 1.02. The molecule has 0 spiro atoms. The van der Waals surface area contributed by atoms with E-state index in [2.05, 4.69) is 5.32 Å². The molecule has 2 N–H and O–H groups in total. The number of rotatable bonds is 7. The van der Waals surface area contributed by atoms with Crippen molar-refractivity contribution in [3.8, 4) is 5.75 Å². The standard InChI is InChI=1S/C15H23NO3/c1-10(2)14(15(17)18)16-9-12-6-5-7-13(8-12)19-11(3)4/h5-8,10-11,14,16H,9H2,1-4H3,(H,17,18). The summed E-state index contributed by atoms with van der Waals surface area (Å²) >= 11 is 0. The van der Waals surface area contributed by atoms with Crippen molar-refractivity contribution < 1.29 is 14.6 Å². The smallest absolute Gasteiger partial charge is 0.320 e. The number of hydrogen-bond donors (Lipinski definition) is 2. The van der Waals surface area contributed by atoms with E-state index in [0.29, 0.717) is 6.54 Å². The average molecular weight is 265 g/mol. The van der Waals surface area contributed by atoms with Crippen LogP contribution in [0.3, 0.4) is 0 Å². The molecule has 0 saturated heterocycles. The zero-order valence-electron chi connectivity index (χ0n) is 12.0. The summed E-state index contributed by atoms with van der Waals surface area (Å²) in [6.45, 7) is 8.26. The van der Waals surface area contributed by atoms with Gasteiger partial charge in [-0.25, -0.2) is 0 Å². The van der Waals surface area contributed by atoms with Crippen molar-refractivity contribution in [1.82, 2.24) is 5.32 Å². The highest BCUT2D eigenvalue weighted by Crippen LogP contribution is 2.15. The summed E-state index contributed by atoms with van der Waals surface area (Å²) < 4.78 is 5.61. The van der Waals surface area contributed by atoms with Crippen molar-refractivity contribution in [1.29, 1.82) is 0 Å². The topological polar surface area (TPSA) is 58.6 Å². The molecule has 1 atom stereocenters. The van der Waals surface area contributed by atoms with Crippen LogP contribution in [0.25, 0.3) is 0 Å². The molecule has 0 aliphatic heterocycles. The lowest BCUT2D eigenvalue weighted by Crippen LogP contribution is -2.40. The number of carboxylic acid groups (broad SMARTS) is 1. The highest BCUT2D eigenvalue weighted by Gasteiger charge is 2.20. The van der Waals surface area contributed by atoms with E-state index in [-0.39, 0.29) is 12.0 Å². The Morgan fingerprint density at radius 3 is 2.53 bits per heavy atom. The molecule has 1 rings (SSSR count). The molecule has 19 heavy (non-hydrogen) atoms. The van der Waals surface area contributed by atoms with Gasteiger partial charge in [-0.15, -0.1) is 0 Å². The Balaban J connectivity index is 2.64. The van der Waals surface area contributed by atoms with Gasteiger partial charge >= 0.3 is 5.97 Å². The predicted octanol–water partition coefficient (Wildman–Crippen LogP) is 2.67. The Bertz CT molecular complexity index is 416. The molecule has 0 amide bonds. The van der Waals surface area contributed by atoms with Crippen LogP contribution in [-0.2, 0) is 11.3 Å². The average Bonchev–Trinajstić information content (AvgIpc) is 2.27. The van der Waals surface area contributed by atoms with E-state index in [4.69, 9.17) is 9.84 Å². The highest BCUT2D eigenvalue weighted by molar-refractivity contribution is 5.73. The largest absolute Gasteiger partial charge is 0.491 e. The Morgan fingerprint density at radius 2 is 2.00 bits per heavy atom. The Hall–Kier alpha value is -1.55.